The number of benzene rings is 2. The van der Waals surface area contributed by atoms with Crippen LogP contribution in [0.2, 0.25) is 0 Å². The van der Waals surface area contributed by atoms with Crippen molar-refractivity contribution in [2.75, 3.05) is 0 Å². The maximum Gasteiger partial charge on any atom is 0.187 e. The summed E-state index contributed by atoms with van der Waals surface area (Å²) in [6.45, 7) is 8.81. The van der Waals surface area contributed by atoms with Crippen molar-refractivity contribution in [1.29, 1.82) is 0 Å². The summed E-state index contributed by atoms with van der Waals surface area (Å²) in [5, 5.41) is 0. The number of rotatable bonds is 2. The minimum atomic E-state index is -0.126. The molecule has 1 nitrogen and oxygen atoms in total. The third-order valence-corrected chi connectivity index (χ3v) is 6.16. The first-order valence-corrected chi connectivity index (χ1v) is 9.30. The van der Waals surface area contributed by atoms with Crippen molar-refractivity contribution in [1.82, 2.24) is 0 Å². The van der Waals surface area contributed by atoms with Crippen LogP contribution in [0.3, 0.4) is 0 Å². The third-order valence-electron chi connectivity index (χ3n) is 6.16. The molecule has 1 radical (unpaired) electrons. The summed E-state index contributed by atoms with van der Waals surface area (Å²) in [7, 11) is 2.15. The fraction of sp³-hybridized carbons (Fsp3) is 0.292. The van der Waals surface area contributed by atoms with E-state index >= 15 is 0 Å². The largest absolute Gasteiger partial charge is 0.290 e. The Morgan fingerprint density at radius 2 is 1.54 bits per heavy atom. The fourth-order valence-electron chi connectivity index (χ4n) is 4.40. The van der Waals surface area contributed by atoms with Crippen LogP contribution in [-0.4, -0.2) is 13.1 Å². The summed E-state index contributed by atoms with van der Waals surface area (Å²) in [4.78, 5) is 12.9. The number of ketones is 1. The van der Waals surface area contributed by atoms with Crippen LogP contribution in [0.15, 0.2) is 71.7 Å². The van der Waals surface area contributed by atoms with Gasteiger partial charge in [0.15, 0.2) is 13.1 Å². The van der Waals surface area contributed by atoms with E-state index < -0.39 is 0 Å². The fourth-order valence-corrected chi connectivity index (χ4v) is 4.40. The molecule has 2 aromatic rings. The van der Waals surface area contributed by atoms with E-state index in [0.717, 1.165) is 11.9 Å². The number of carbonyl (C=O) groups excluding carboxylic acids is 1. The highest BCUT2D eigenvalue weighted by molar-refractivity contribution is 6.64. The van der Waals surface area contributed by atoms with Gasteiger partial charge >= 0.3 is 0 Å². The molecule has 0 saturated carbocycles. The first-order chi connectivity index (χ1) is 12.3. The zero-order valence-electron chi connectivity index (χ0n) is 16.0. The van der Waals surface area contributed by atoms with Crippen LogP contribution in [0.25, 0.3) is 0 Å². The zero-order chi connectivity index (χ0) is 18.5. The molecule has 0 aromatic heterocycles. The second-order valence-corrected chi connectivity index (χ2v) is 8.49. The molecule has 1 heterocycles. The number of fused-ring (bicyclic) bond motifs is 2. The van der Waals surface area contributed by atoms with E-state index in [0.29, 0.717) is 0 Å². The highest BCUT2D eigenvalue weighted by Gasteiger charge is 2.36. The first-order valence-electron chi connectivity index (χ1n) is 9.30. The van der Waals surface area contributed by atoms with Gasteiger partial charge in [0.25, 0.3) is 0 Å². The van der Waals surface area contributed by atoms with Gasteiger partial charge in [0.05, 0.1) is 0 Å². The molecule has 0 spiro atoms. The lowest BCUT2D eigenvalue weighted by atomic mass is 9.63. The molecule has 0 amide bonds. The molecule has 2 aliphatic rings. The maximum atomic E-state index is 12.9. The lowest BCUT2D eigenvalue weighted by Crippen LogP contribution is -2.18. The molecule has 0 N–H and O–H groups in total. The smallest absolute Gasteiger partial charge is 0.187 e. The van der Waals surface area contributed by atoms with E-state index in [-0.39, 0.29) is 16.6 Å². The van der Waals surface area contributed by atoms with Gasteiger partial charge in [0, 0.05) is 10.8 Å². The van der Waals surface area contributed by atoms with Gasteiger partial charge in [-0.2, -0.15) is 0 Å². The van der Waals surface area contributed by atoms with E-state index in [1.54, 1.807) is 0 Å². The van der Waals surface area contributed by atoms with Gasteiger partial charge in [0.2, 0.25) is 0 Å². The summed E-state index contributed by atoms with van der Waals surface area (Å²) in [6.07, 6.45) is 4.55. The molecule has 4 rings (SSSR count). The zero-order valence-corrected chi connectivity index (χ0v) is 16.0. The van der Waals surface area contributed by atoms with Crippen LogP contribution in [0.1, 0.15) is 44.4 Å². The number of hydrogen-bond acceptors (Lipinski definition) is 1. The molecule has 1 aliphatic heterocycles. The van der Waals surface area contributed by atoms with Gasteiger partial charge < -0.3 is 0 Å². The standard InChI is InChI=1S/C24H24BO/c1-23(2)17(13-16-9-5-6-10-19(16)23)14-18(26)15-22-24(3,4)20-11-7-8-12-21(20)25-22/h5-12,14-15H,13H2,1-4H3/b17-14-,22-15+. The van der Waals surface area contributed by atoms with Gasteiger partial charge in [-0.3, -0.25) is 4.79 Å². The Balaban J connectivity index is 1.65. The average Bonchev–Trinajstić information content (AvgIpc) is 2.99. The molecule has 0 atom stereocenters. The Labute approximate surface area is 157 Å². The first kappa shape index (κ1) is 17.1. The molecule has 0 unspecified atom stereocenters. The van der Waals surface area contributed by atoms with Crippen molar-refractivity contribution < 1.29 is 4.79 Å². The van der Waals surface area contributed by atoms with E-state index in [9.17, 15) is 4.79 Å². The van der Waals surface area contributed by atoms with Gasteiger partial charge in [0.1, 0.15) is 0 Å². The highest BCUT2D eigenvalue weighted by atomic mass is 16.1. The van der Waals surface area contributed by atoms with Crippen LogP contribution in [-0.2, 0) is 22.0 Å². The molecular weight excluding hydrogens is 315 g/mol. The molecular formula is C24H24BO. The number of hydrogen-bond donors (Lipinski definition) is 0. The van der Waals surface area contributed by atoms with Crippen molar-refractivity contribution in [2.24, 2.45) is 0 Å². The van der Waals surface area contributed by atoms with E-state index in [1.807, 2.05) is 12.2 Å². The monoisotopic (exact) mass is 339 g/mol. The minimum Gasteiger partial charge on any atom is -0.290 e. The maximum absolute atomic E-state index is 12.9. The second-order valence-electron chi connectivity index (χ2n) is 8.49. The lowest BCUT2D eigenvalue weighted by Gasteiger charge is -2.23. The number of carbonyl (C=O) groups is 1. The highest BCUT2D eigenvalue weighted by Crippen LogP contribution is 2.42. The van der Waals surface area contributed by atoms with Crippen molar-refractivity contribution in [3.8, 4) is 0 Å². The normalized spacial score (nSPS) is 22.2. The predicted molar refractivity (Wildman–Crippen MR) is 109 cm³/mol. The van der Waals surface area contributed by atoms with Gasteiger partial charge in [-0.05, 0) is 35.3 Å². The van der Waals surface area contributed by atoms with E-state index in [4.69, 9.17) is 0 Å². The van der Waals surface area contributed by atoms with Crippen LogP contribution >= 0.6 is 0 Å². The van der Waals surface area contributed by atoms with E-state index in [1.165, 1.54) is 27.7 Å². The topological polar surface area (TPSA) is 17.1 Å². The molecule has 129 valence electrons. The summed E-state index contributed by atoms with van der Waals surface area (Å²) in [6, 6.07) is 16.9. The van der Waals surface area contributed by atoms with Crippen molar-refractivity contribution in [3.63, 3.8) is 0 Å². The Bertz CT molecular complexity index is 882. The van der Waals surface area contributed by atoms with Crippen LogP contribution in [0, 0.1) is 0 Å². The summed E-state index contributed by atoms with van der Waals surface area (Å²) >= 11 is 0. The molecule has 2 aromatic carbocycles. The van der Waals surface area contributed by atoms with Crippen molar-refractivity contribution >= 4 is 18.5 Å². The predicted octanol–water partition coefficient (Wildman–Crippen LogP) is 4.22. The quantitative estimate of drug-likeness (QED) is 0.591. The Hall–Kier alpha value is -2.35. The van der Waals surface area contributed by atoms with E-state index in [2.05, 4.69) is 83.5 Å². The molecule has 26 heavy (non-hydrogen) atoms. The minimum absolute atomic E-state index is 0.0807. The number of allylic oxidation sites excluding steroid dienone is 4. The Kier molecular flexibility index (Phi) is 3.84. The molecule has 0 fully saturated rings. The molecule has 0 bridgehead atoms. The van der Waals surface area contributed by atoms with Crippen molar-refractivity contribution in [3.05, 3.63) is 88.4 Å². The molecule has 1 aliphatic carbocycles. The summed E-state index contributed by atoms with van der Waals surface area (Å²) < 4.78 is 0. The van der Waals surface area contributed by atoms with Crippen LogP contribution < -0.4 is 5.46 Å². The SMILES string of the molecule is CC1(C)/C(=C\C(=O)/C=C2/Cc3ccccc3C2(C)C)[B]c2ccccc21. The van der Waals surface area contributed by atoms with Crippen LogP contribution in [0.5, 0.6) is 0 Å². The van der Waals surface area contributed by atoms with Gasteiger partial charge in [-0.15, -0.1) is 0 Å². The third kappa shape index (κ3) is 2.60. The second kappa shape index (κ2) is 5.84. The lowest BCUT2D eigenvalue weighted by molar-refractivity contribution is -0.110. The molecule has 2 heteroatoms. The molecule has 0 saturated heterocycles. The average molecular weight is 339 g/mol. The summed E-state index contributed by atoms with van der Waals surface area (Å²) in [5.41, 5.74) is 7.28. The van der Waals surface area contributed by atoms with Gasteiger partial charge in [-0.25, -0.2) is 0 Å². The van der Waals surface area contributed by atoms with Crippen LogP contribution in [0.4, 0.5) is 0 Å². The Morgan fingerprint density at radius 1 is 0.885 bits per heavy atom. The summed E-state index contributed by atoms with van der Waals surface area (Å²) in [5.74, 6) is 0.0908. The van der Waals surface area contributed by atoms with Gasteiger partial charge in [-0.1, -0.05) is 92.7 Å². The van der Waals surface area contributed by atoms with Crippen molar-refractivity contribution in [2.45, 2.75) is 44.9 Å². The Morgan fingerprint density at radius 3 is 2.23 bits per heavy atom.